The van der Waals surface area contributed by atoms with Crippen molar-refractivity contribution in [2.75, 3.05) is 19.1 Å². The molecule has 1 saturated carbocycles. The van der Waals surface area contributed by atoms with Crippen LogP contribution in [0, 0.1) is 11.3 Å². The molecule has 0 radical (unpaired) electrons. The summed E-state index contributed by atoms with van der Waals surface area (Å²) in [6.07, 6.45) is 9.82. The maximum absolute atomic E-state index is 8.27. The summed E-state index contributed by atoms with van der Waals surface area (Å²) in [6, 6.07) is 0.516. The lowest BCUT2D eigenvalue weighted by Crippen LogP contribution is -2.39. The topological polar surface area (TPSA) is 27.1 Å². The molecule has 1 aliphatic rings. The Hall–Kier alpha value is -0.180. The minimum Gasteiger partial charge on any atom is -0.361 e. The largest absolute Gasteiger partial charge is 0.361 e. The fourth-order valence-corrected chi connectivity index (χ4v) is 2.96. The number of thioether (sulfide) groups is 1. The van der Waals surface area contributed by atoms with Crippen molar-refractivity contribution in [3.05, 3.63) is 0 Å². The van der Waals surface area contributed by atoms with E-state index in [1.165, 1.54) is 44.3 Å². The Bertz CT molecular complexity index is 212. The second-order valence-corrected chi connectivity index (χ2v) is 5.95. The van der Waals surface area contributed by atoms with E-state index in [1.54, 1.807) is 0 Å². The Kier molecular flexibility index (Phi) is 6.25. The number of amidine groups is 1. The Morgan fingerprint density at radius 2 is 2.00 bits per heavy atom. The van der Waals surface area contributed by atoms with E-state index in [0.717, 1.165) is 5.84 Å². The third kappa shape index (κ3) is 4.00. The molecule has 0 saturated heterocycles. The van der Waals surface area contributed by atoms with Gasteiger partial charge in [-0.3, -0.25) is 5.41 Å². The summed E-state index contributed by atoms with van der Waals surface area (Å²) in [5, 5.41) is 8.27. The predicted molar refractivity (Wildman–Crippen MR) is 74.5 cm³/mol. The van der Waals surface area contributed by atoms with Gasteiger partial charge >= 0.3 is 0 Å². The van der Waals surface area contributed by atoms with Crippen molar-refractivity contribution in [2.24, 2.45) is 5.92 Å². The molecule has 1 N–H and O–H groups in total. The highest BCUT2D eigenvalue weighted by atomic mass is 32.2. The first-order valence-corrected chi connectivity index (χ1v) is 7.86. The molecule has 2 nitrogen and oxygen atoms in total. The molecule has 0 aromatic carbocycles. The van der Waals surface area contributed by atoms with Crippen LogP contribution in [0.25, 0.3) is 0 Å². The lowest BCUT2D eigenvalue weighted by atomic mass is 9.87. The minimum absolute atomic E-state index is 0.516. The summed E-state index contributed by atoms with van der Waals surface area (Å²) in [7, 11) is 2.10. The minimum atomic E-state index is 0.516. The van der Waals surface area contributed by atoms with Gasteiger partial charge in [0.2, 0.25) is 0 Å². The number of nitrogens with zero attached hydrogens (tertiary/aromatic N) is 1. The normalized spacial score (nSPS) is 19.4. The van der Waals surface area contributed by atoms with Gasteiger partial charge in [-0.1, -0.05) is 19.3 Å². The first-order chi connectivity index (χ1) is 7.66. The third-order valence-electron chi connectivity index (χ3n) is 3.77. The smallest absolute Gasteiger partial charge is 0.0989 e. The van der Waals surface area contributed by atoms with E-state index >= 15 is 0 Å². The monoisotopic (exact) mass is 242 g/mol. The van der Waals surface area contributed by atoms with Crippen molar-refractivity contribution in [3.8, 4) is 0 Å². The average Bonchev–Trinajstić information content (AvgIpc) is 2.35. The van der Waals surface area contributed by atoms with E-state index in [4.69, 9.17) is 5.41 Å². The van der Waals surface area contributed by atoms with Gasteiger partial charge in [-0.25, -0.2) is 0 Å². The number of nitrogens with one attached hydrogen (secondary N) is 1. The SMILES string of the molecule is CSCCC(C)N(C)C(=N)C1CCCCC1. The lowest BCUT2D eigenvalue weighted by molar-refractivity contribution is 0.332. The van der Waals surface area contributed by atoms with Gasteiger partial charge in [-0.15, -0.1) is 0 Å². The maximum atomic E-state index is 8.27. The molecule has 0 bridgehead atoms. The van der Waals surface area contributed by atoms with Crippen LogP contribution < -0.4 is 0 Å². The molecular formula is C13H26N2S. The van der Waals surface area contributed by atoms with Crippen LogP contribution in [-0.4, -0.2) is 35.8 Å². The quantitative estimate of drug-likeness (QED) is 0.589. The van der Waals surface area contributed by atoms with Gasteiger partial charge < -0.3 is 4.90 Å². The summed E-state index contributed by atoms with van der Waals surface area (Å²) in [4.78, 5) is 2.20. The molecule has 3 heteroatoms. The van der Waals surface area contributed by atoms with Crippen LogP contribution in [0.5, 0.6) is 0 Å². The lowest BCUT2D eigenvalue weighted by Gasteiger charge is -2.33. The molecule has 1 atom stereocenters. The Balaban J connectivity index is 2.38. The molecule has 94 valence electrons. The van der Waals surface area contributed by atoms with Gasteiger partial charge in [0.05, 0.1) is 5.84 Å². The Morgan fingerprint density at radius 1 is 1.38 bits per heavy atom. The zero-order chi connectivity index (χ0) is 12.0. The Morgan fingerprint density at radius 3 is 2.56 bits per heavy atom. The molecule has 16 heavy (non-hydrogen) atoms. The van der Waals surface area contributed by atoms with E-state index < -0.39 is 0 Å². The summed E-state index contributed by atoms with van der Waals surface area (Å²) in [6.45, 7) is 2.24. The highest BCUT2D eigenvalue weighted by Gasteiger charge is 2.22. The summed E-state index contributed by atoms with van der Waals surface area (Å²) in [5.41, 5.74) is 0. The van der Waals surface area contributed by atoms with E-state index in [9.17, 15) is 0 Å². The van der Waals surface area contributed by atoms with Crippen LogP contribution in [0.15, 0.2) is 0 Å². The molecule has 0 spiro atoms. The molecule has 0 aliphatic heterocycles. The second-order valence-electron chi connectivity index (χ2n) is 4.96. The first kappa shape index (κ1) is 13.9. The van der Waals surface area contributed by atoms with Crippen molar-refractivity contribution < 1.29 is 0 Å². The van der Waals surface area contributed by atoms with E-state index in [-0.39, 0.29) is 0 Å². The van der Waals surface area contributed by atoms with Gasteiger partial charge in [-0.2, -0.15) is 11.8 Å². The number of hydrogen-bond donors (Lipinski definition) is 1. The second kappa shape index (κ2) is 7.21. The van der Waals surface area contributed by atoms with Gasteiger partial charge in [0.25, 0.3) is 0 Å². The highest BCUT2D eigenvalue weighted by Crippen LogP contribution is 2.26. The van der Waals surface area contributed by atoms with Crippen molar-refractivity contribution in [1.82, 2.24) is 4.90 Å². The number of rotatable bonds is 5. The Labute approximate surface area is 105 Å². The zero-order valence-electron chi connectivity index (χ0n) is 11.0. The third-order valence-corrected chi connectivity index (χ3v) is 4.42. The molecule has 1 rings (SSSR count). The zero-order valence-corrected chi connectivity index (χ0v) is 11.8. The number of hydrogen-bond acceptors (Lipinski definition) is 2. The molecule has 1 fully saturated rings. The summed E-state index contributed by atoms with van der Waals surface area (Å²) in [5.74, 6) is 2.62. The molecule has 1 unspecified atom stereocenters. The van der Waals surface area contributed by atoms with Crippen molar-refractivity contribution >= 4 is 17.6 Å². The van der Waals surface area contributed by atoms with Crippen molar-refractivity contribution in [2.45, 2.75) is 51.5 Å². The molecule has 0 aromatic rings. The van der Waals surface area contributed by atoms with Gasteiger partial charge in [0.1, 0.15) is 0 Å². The maximum Gasteiger partial charge on any atom is 0.0989 e. The van der Waals surface area contributed by atoms with Crippen LogP contribution >= 0.6 is 11.8 Å². The van der Waals surface area contributed by atoms with Gasteiger partial charge in [0.15, 0.2) is 0 Å². The average molecular weight is 242 g/mol. The summed E-state index contributed by atoms with van der Waals surface area (Å²) < 4.78 is 0. The van der Waals surface area contributed by atoms with Crippen molar-refractivity contribution in [1.29, 1.82) is 5.41 Å². The molecule has 1 aliphatic carbocycles. The van der Waals surface area contributed by atoms with Gasteiger partial charge in [-0.05, 0) is 38.2 Å². The fourth-order valence-electron chi connectivity index (χ4n) is 2.38. The van der Waals surface area contributed by atoms with Crippen LogP contribution in [0.3, 0.4) is 0 Å². The standard InChI is InChI=1S/C13H26N2S/c1-11(9-10-16-3)15(2)13(14)12-7-5-4-6-8-12/h11-12,14H,4-10H2,1-3H3. The van der Waals surface area contributed by atoms with Crippen LogP contribution in [0.1, 0.15) is 45.4 Å². The van der Waals surface area contributed by atoms with E-state index in [2.05, 4.69) is 25.1 Å². The molecule has 0 heterocycles. The first-order valence-electron chi connectivity index (χ1n) is 6.47. The molecule has 0 amide bonds. The van der Waals surface area contributed by atoms with Gasteiger partial charge in [0, 0.05) is 19.0 Å². The highest BCUT2D eigenvalue weighted by molar-refractivity contribution is 7.98. The molecular weight excluding hydrogens is 216 g/mol. The fraction of sp³-hybridized carbons (Fsp3) is 0.923. The summed E-state index contributed by atoms with van der Waals surface area (Å²) >= 11 is 1.90. The van der Waals surface area contributed by atoms with Crippen LogP contribution in [-0.2, 0) is 0 Å². The molecule has 0 aromatic heterocycles. The van der Waals surface area contributed by atoms with Crippen LogP contribution in [0.4, 0.5) is 0 Å². The van der Waals surface area contributed by atoms with Crippen LogP contribution in [0.2, 0.25) is 0 Å². The predicted octanol–water partition coefficient (Wildman–Crippen LogP) is 3.62. The van der Waals surface area contributed by atoms with E-state index in [0.29, 0.717) is 12.0 Å². The van der Waals surface area contributed by atoms with Crippen molar-refractivity contribution in [3.63, 3.8) is 0 Å². The van der Waals surface area contributed by atoms with E-state index in [1.807, 2.05) is 11.8 Å².